The zero-order valence-electron chi connectivity index (χ0n) is 12.9. The van der Waals surface area contributed by atoms with Crippen LogP contribution < -0.4 is 10.1 Å². The zero-order valence-corrected chi connectivity index (χ0v) is 12.9. The van der Waals surface area contributed by atoms with Crippen LogP contribution in [-0.4, -0.2) is 48.4 Å². The second kappa shape index (κ2) is 7.57. The van der Waals surface area contributed by atoms with Gasteiger partial charge in [0.2, 0.25) is 5.91 Å². The number of nitro groups is 1. The van der Waals surface area contributed by atoms with Crippen molar-refractivity contribution in [2.24, 2.45) is 0 Å². The Hall–Kier alpha value is -2.64. The topological polar surface area (TPSA) is 102 Å². The maximum atomic E-state index is 12.0. The molecule has 0 unspecified atom stereocenters. The van der Waals surface area contributed by atoms with Crippen molar-refractivity contribution in [2.45, 2.75) is 19.3 Å². The number of nitrogens with one attached hydrogen (secondary N) is 1. The molecule has 1 fully saturated rings. The lowest BCUT2D eigenvalue weighted by Gasteiger charge is -2.15. The standard InChI is InChI=1S/C15H19N3O5/c1-23-13-6-5-11(10-12(13)18(21)22)15(20)16-7-3-9-17-8-2-4-14(17)19/h5-6,10H,2-4,7-9H2,1H3,(H,16,20). The molecule has 2 rings (SSSR count). The minimum Gasteiger partial charge on any atom is -0.490 e. The highest BCUT2D eigenvalue weighted by Gasteiger charge is 2.20. The first-order chi connectivity index (χ1) is 11.0. The number of carbonyl (C=O) groups is 2. The average molecular weight is 321 g/mol. The number of carbonyl (C=O) groups excluding carboxylic acids is 2. The van der Waals surface area contributed by atoms with Crippen LogP contribution >= 0.6 is 0 Å². The summed E-state index contributed by atoms with van der Waals surface area (Å²) in [7, 11) is 1.34. The van der Waals surface area contributed by atoms with Gasteiger partial charge in [-0.3, -0.25) is 19.7 Å². The van der Waals surface area contributed by atoms with E-state index in [-0.39, 0.29) is 28.8 Å². The Morgan fingerprint density at radius 3 is 2.87 bits per heavy atom. The normalized spacial score (nSPS) is 14.0. The van der Waals surface area contributed by atoms with Crippen molar-refractivity contribution in [3.05, 3.63) is 33.9 Å². The van der Waals surface area contributed by atoms with Crippen molar-refractivity contribution in [1.29, 1.82) is 0 Å². The van der Waals surface area contributed by atoms with Crippen LogP contribution in [0.1, 0.15) is 29.6 Å². The number of amides is 2. The lowest BCUT2D eigenvalue weighted by Crippen LogP contribution is -2.30. The van der Waals surface area contributed by atoms with Gasteiger partial charge in [0.25, 0.3) is 5.91 Å². The van der Waals surface area contributed by atoms with Gasteiger partial charge >= 0.3 is 5.69 Å². The third-order valence-electron chi connectivity index (χ3n) is 3.70. The Morgan fingerprint density at radius 2 is 2.26 bits per heavy atom. The molecule has 1 aromatic rings. The van der Waals surface area contributed by atoms with Crippen molar-refractivity contribution < 1.29 is 19.2 Å². The molecule has 0 aromatic heterocycles. The molecule has 0 saturated carbocycles. The summed E-state index contributed by atoms with van der Waals surface area (Å²) in [5.41, 5.74) is -0.0439. The average Bonchev–Trinajstić information content (AvgIpc) is 2.95. The number of hydrogen-bond donors (Lipinski definition) is 1. The fourth-order valence-corrected chi connectivity index (χ4v) is 2.49. The monoisotopic (exact) mass is 321 g/mol. The first kappa shape index (κ1) is 16.7. The van der Waals surface area contributed by atoms with Gasteiger partial charge in [-0.15, -0.1) is 0 Å². The first-order valence-electron chi connectivity index (χ1n) is 7.41. The molecule has 8 heteroatoms. The Balaban J connectivity index is 1.87. The van der Waals surface area contributed by atoms with Crippen LogP contribution in [-0.2, 0) is 4.79 Å². The Labute approximate surface area is 133 Å². The molecular formula is C15H19N3O5. The van der Waals surface area contributed by atoms with Gasteiger partial charge in [0.1, 0.15) is 0 Å². The summed E-state index contributed by atoms with van der Waals surface area (Å²) >= 11 is 0. The molecule has 1 aliphatic heterocycles. The molecule has 0 radical (unpaired) electrons. The van der Waals surface area contributed by atoms with Crippen molar-refractivity contribution in [1.82, 2.24) is 10.2 Å². The van der Waals surface area contributed by atoms with E-state index in [1.54, 1.807) is 4.90 Å². The van der Waals surface area contributed by atoms with Gasteiger partial charge < -0.3 is 15.0 Å². The van der Waals surface area contributed by atoms with Crippen molar-refractivity contribution in [3.8, 4) is 5.75 Å². The smallest absolute Gasteiger partial charge is 0.311 e. The second-order valence-corrected chi connectivity index (χ2v) is 5.24. The number of nitrogens with zero attached hydrogens (tertiary/aromatic N) is 2. The summed E-state index contributed by atoms with van der Waals surface area (Å²) in [5.74, 6) is -0.121. The molecule has 1 saturated heterocycles. The highest BCUT2D eigenvalue weighted by molar-refractivity contribution is 5.95. The number of benzene rings is 1. The van der Waals surface area contributed by atoms with Gasteiger partial charge in [0.05, 0.1) is 12.0 Å². The number of methoxy groups -OCH3 is 1. The maximum absolute atomic E-state index is 12.0. The van der Waals surface area contributed by atoms with Gasteiger partial charge in [0, 0.05) is 37.7 Å². The molecule has 23 heavy (non-hydrogen) atoms. The molecule has 1 N–H and O–H groups in total. The maximum Gasteiger partial charge on any atom is 0.311 e. The number of likely N-dealkylation sites (tertiary alicyclic amines) is 1. The Bertz CT molecular complexity index is 617. The Kier molecular flexibility index (Phi) is 5.51. The summed E-state index contributed by atoms with van der Waals surface area (Å²) < 4.78 is 4.90. The van der Waals surface area contributed by atoms with Crippen molar-refractivity contribution in [3.63, 3.8) is 0 Å². The van der Waals surface area contributed by atoms with Crippen molar-refractivity contribution >= 4 is 17.5 Å². The Morgan fingerprint density at radius 1 is 1.48 bits per heavy atom. The van der Waals surface area contributed by atoms with Gasteiger partial charge in [-0.2, -0.15) is 0 Å². The molecule has 1 heterocycles. The molecule has 8 nitrogen and oxygen atoms in total. The molecule has 0 bridgehead atoms. The largest absolute Gasteiger partial charge is 0.490 e. The van der Waals surface area contributed by atoms with Crippen LogP contribution in [0, 0.1) is 10.1 Å². The molecular weight excluding hydrogens is 302 g/mol. The minimum atomic E-state index is -0.589. The summed E-state index contributed by atoms with van der Waals surface area (Å²) in [6.45, 7) is 1.79. The fraction of sp³-hybridized carbons (Fsp3) is 0.467. The molecule has 0 spiro atoms. The van der Waals surface area contributed by atoms with Crippen LogP contribution in [0.15, 0.2) is 18.2 Å². The molecule has 0 aliphatic carbocycles. The number of rotatable bonds is 7. The van der Waals surface area contributed by atoms with E-state index in [1.807, 2.05) is 0 Å². The summed E-state index contributed by atoms with van der Waals surface area (Å²) in [5, 5.41) is 13.7. The van der Waals surface area contributed by atoms with E-state index < -0.39 is 4.92 Å². The number of hydrogen-bond acceptors (Lipinski definition) is 5. The van der Waals surface area contributed by atoms with E-state index in [2.05, 4.69) is 5.32 Å². The van der Waals surface area contributed by atoms with E-state index in [4.69, 9.17) is 4.74 Å². The molecule has 2 amide bonds. The quantitative estimate of drug-likeness (QED) is 0.464. The van der Waals surface area contributed by atoms with Crippen molar-refractivity contribution in [2.75, 3.05) is 26.7 Å². The van der Waals surface area contributed by atoms with Crippen LogP contribution in [0.3, 0.4) is 0 Å². The van der Waals surface area contributed by atoms with Crippen LogP contribution in [0.25, 0.3) is 0 Å². The first-order valence-corrected chi connectivity index (χ1v) is 7.41. The molecule has 124 valence electrons. The second-order valence-electron chi connectivity index (χ2n) is 5.24. The predicted molar refractivity (Wildman–Crippen MR) is 82.4 cm³/mol. The predicted octanol–water partition coefficient (Wildman–Crippen LogP) is 1.35. The van der Waals surface area contributed by atoms with Gasteiger partial charge in [0.15, 0.2) is 5.75 Å². The minimum absolute atomic E-state index is 0.110. The summed E-state index contributed by atoms with van der Waals surface area (Å²) in [6.07, 6.45) is 2.14. The van der Waals surface area contributed by atoms with E-state index in [0.29, 0.717) is 25.9 Å². The van der Waals surface area contributed by atoms with Crippen LogP contribution in [0.5, 0.6) is 5.75 Å². The zero-order chi connectivity index (χ0) is 16.8. The summed E-state index contributed by atoms with van der Waals surface area (Å²) in [6, 6.07) is 4.07. The van der Waals surface area contributed by atoms with E-state index in [1.165, 1.54) is 25.3 Å². The van der Waals surface area contributed by atoms with Gasteiger partial charge in [-0.25, -0.2) is 0 Å². The summed E-state index contributed by atoms with van der Waals surface area (Å²) in [4.78, 5) is 35.6. The molecule has 1 aromatic carbocycles. The van der Waals surface area contributed by atoms with Crippen LogP contribution in [0.4, 0.5) is 5.69 Å². The van der Waals surface area contributed by atoms with Gasteiger partial charge in [-0.05, 0) is 25.0 Å². The fourth-order valence-electron chi connectivity index (χ4n) is 2.49. The van der Waals surface area contributed by atoms with E-state index >= 15 is 0 Å². The molecule has 1 aliphatic rings. The lowest BCUT2D eigenvalue weighted by atomic mass is 10.1. The third-order valence-corrected chi connectivity index (χ3v) is 3.70. The third kappa shape index (κ3) is 4.18. The highest BCUT2D eigenvalue weighted by atomic mass is 16.6. The number of nitro benzene ring substituents is 1. The highest BCUT2D eigenvalue weighted by Crippen LogP contribution is 2.27. The van der Waals surface area contributed by atoms with E-state index in [0.717, 1.165) is 13.0 Å². The number of ether oxygens (including phenoxy) is 1. The lowest BCUT2D eigenvalue weighted by molar-refractivity contribution is -0.385. The van der Waals surface area contributed by atoms with Crippen LogP contribution in [0.2, 0.25) is 0 Å². The molecule has 0 atom stereocenters. The SMILES string of the molecule is COc1ccc(C(=O)NCCCN2CCCC2=O)cc1[N+](=O)[O-]. The van der Waals surface area contributed by atoms with Gasteiger partial charge in [-0.1, -0.05) is 0 Å². The van der Waals surface area contributed by atoms with E-state index in [9.17, 15) is 19.7 Å².